The predicted octanol–water partition coefficient (Wildman–Crippen LogP) is 6.29. The van der Waals surface area contributed by atoms with E-state index in [4.69, 9.17) is 19.2 Å². The summed E-state index contributed by atoms with van der Waals surface area (Å²) in [5.41, 5.74) is 4.79. The Kier molecular flexibility index (Phi) is 9.94. The predicted molar refractivity (Wildman–Crippen MR) is 178 cm³/mol. The van der Waals surface area contributed by atoms with Gasteiger partial charge in [-0.05, 0) is 40.3 Å². The molecule has 244 valence electrons. The third kappa shape index (κ3) is 6.85. The Bertz CT molecular complexity index is 1900. The smallest absolute Gasteiger partial charge is 0.411 e. The van der Waals surface area contributed by atoms with Crippen LogP contribution in [-0.4, -0.2) is 38.9 Å². The van der Waals surface area contributed by atoms with Crippen molar-refractivity contribution in [3.63, 3.8) is 0 Å². The number of esters is 1. The number of carbonyl (C=O) groups excluding carboxylic acids is 1. The molecule has 2 heterocycles. The number of aliphatic hydroxyl groups is 2. The minimum Gasteiger partial charge on any atom is -0.487 e. The van der Waals surface area contributed by atoms with E-state index in [1.165, 1.54) is 4.90 Å². The molecule has 48 heavy (non-hydrogen) atoms. The average molecular weight is 647 g/mol. The summed E-state index contributed by atoms with van der Waals surface area (Å²) in [5.74, 6) is -0.806. The molecule has 0 saturated carbocycles. The maximum Gasteiger partial charge on any atom is 0.411 e. The number of pyridine rings is 1. The number of amides is 1. The molecule has 1 aliphatic rings. The van der Waals surface area contributed by atoms with E-state index in [9.17, 15) is 24.9 Å². The normalized spacial score (nSPS) is 12.0. The van der Waals surface area contributed by atoms with Crippen LogP contribution >= 0.6 is 0 Å². The highest BCUT2D eigenvalue weighted by molar-refractivity contribution is 5.97. The first-order valence-electron chi connectivity index (χ1n) is 15.5. The van der Waals surface area contributed by atoms with Crippen molar-refractivity contribution >= 4 is 17.7 Å². The van der Waals surface area contributed by atoms with Gasteiger partial charge in [0.2, 0.25) is 5.88 Å². The van der Waals surface area contributed by atoms with Gasteiger partial charge in [0.15, 0.2) is 5.56 Å². The number of carboxylic acid groups (broad SMARTS) is 1. The van der Waals surface area contributed by atoms with E-state index in [0.29, 0.717) is 28.8 Å². The van der Waals surface area contributed by atoms with Crippen molar-refractivity contribution in [1.29, 1.82) is 0 Å². The van der Waals surface area contributed by atoms with Gasteiger partial charge in [0.25, 0.3) is 0 Å². The van der Waals surface area contributed by atoms with Crippen LogP contribution in [0.5, 0.6) is 11.6 Å². The SMILES string of the molecule is O=C(OCc1ccccc1)c1c(OCc2ccccc2)nc(-c2ccc3c(c2CO)CCN3C(=O)O)c(CO)c1OCc1ccccc1. The number of anilines is 1. The maximum atomic E-state index is 14.0. The highest BCUT2D eigenvalue weighted by Crippen LogP contribution is 2.43. The molecule has 1 aromatic heterocycles. The lowest BCUT2D eigenvalue weighted by atomic mass is 9.93. The summed E-state index contributed by atoms with van der Waals surface area (Å²) in [6.45, 7) is -0.657. The Morgan fingerprint density at radius 3 is 1.83 bits per heavy atom. The number of ether oxygens (including phenoxy) is 3. The van der Waals surface area contributed by atoms with Gasteiger partial charge in [0, 0.05) is 17.7 Å². The first-order chi connectivity index (χ1) is 23.5. The third-order valence-electron chi connectivity index (χ3n) is 8.16. The van der Waals surface area contributed by atoms with Crippen LogP contribution in [-0.2, 0) is 44.2 Å². The van der Waals surface area contributed by atoms with Crippen molar-refractivity contribution in [3.05, 3.63) is 142 Å². The largest absolute Gasteiger partial charge is 0.487 e. The molecule has 0 fully saturated rings. The van der Waals surface area contributed by atoms with Crippen LogP contribution in [0.1, 0.15) is 43.7 Å². The van der Waals surface area contributed by atoms with E-state index < -0.39 is 25.3 Å². The molecule has 0 bridgehead atoms. The standard InChI is InChI=1S/C38H34N2O8/c41-20-30-28-18-19-40(38(44)45)32(28)17-16-29(30)34-31(21-42)35(46-22-25-10-4-1-5-11-25)33(37(43)48-24-27-14-8-3-9-15-27)36(39-34)47-23-26-12-6-2-7-13-26/h1-17,41-42H,18-24H2,(H,44,45). The van der Waals surface area contributed by atoms with Crippen molar-refractivity contribution in [2.75, 3.05) is 11.4 Å². The second-order valence-electron chi connectivity index (χ2n) is 11.1. The van der Waals surface area contributed by atoms with Crippen LogP contribution in [0.3, 0.4) is 0 Å². The lowest BCUT2D eigenvalue weighted by Crippen LogP contribution is -2.26. The van der Waals surface area contributed by atoms with E-state index >= 15 is 0 Å². The molecule has 3 N–H and O–H groups in total. The number of aliphatic hydroxyl groups excluding tert-OH is 2. The van der Waals surface area contributed by atoms with Crippen LogP contribution in [0, 0.1) is 0 Å². The Hall–Kier alpha value is -5.71. The van der Waals surface area contributed by atoms with Crippen molar-refractivity contribution in [2.45, 2.75) is 39.5 Å². The molecule has 1 aliphatic heterocycles. The molecular weight excluding hydrogens is 612 g/mol. The first-order valence-corrected chi connectivity index (χ1v) is 15.5. The van der Waals surface area contributed by atoms with E-state index in [0.717, 1.165) is 16.7 Å². The number of carbonyl (C=O) groups is 2. The molecule has 0 atom stereocenters. The topological polar surface area (TPSA) is 139 Å². The lowest BCUT2D eigenvalue weighted by molar-refractivity contribution is 0.0460. The minimum absolute atomic E-state index is 0.0221. The Morgan fingerprint density at radius 1 is 0.708 bits per heavy atom. The number of rotatable bonds is 12. The molecule has 0 radical (unpaired) electrons. The Morgan fingerprint density at radius 2 is 1.27 bits per heavy atom. The van der Waals surface area contributed by atoms with Gasteiger partial charge in [-0.2, -0.15) is 0 Å². The second-order valence-corrected chi connectivity index (χ2v) is 11.1. The molecule has 0 saturated heterocycles. The van der Waals surface area contributed by atoms with Crippen molar-refractivity contribution in [1.82, 2.24) is 4.98 Å². The van der Waals surface area contributed by atoms with Gasteiger partial charge in [-0.25, -0.2) is 14.6 Å². The van der Waals surface area contributed by atoms with Gasteiger partial charge < -0.3 is 29.5 Å². The van der Waals surface area contributed by atoms with E-state index in [1.807, 2.05) is 91.0 Å². The second kappa shape index (κ2) is 14.8. The van der Waals surface area contributed by atoms with Crippen LogP contribution < -0.4 is 14.4 Å². The molecule has 0 unspecified atom stereocenters. The maximum absolute atomic E-state index is 14.0. The fraction of sp³-hybridized carbons (Fsp3) is 0.184. The highest BCUT2D eigenvalue weighted by atomic mass is 16.5. The zero-order valence-electron chi connectivity index (χ0n) is 26.0. The van der Waals surface area contributed by atoms with Crippen molar-refractivity contribution < 1.29 is 39.1 Å². The molecule has 4 aromatic carbocycles. The van der Waals surface area contributed by atoms with Crippen LogP contribution in [0.25, 0.3) is 11.3 Å². The van der Waals surface area contributed by atoms with E-state index in [2.05, 4.69) is 0 Å². The van der Waals surface area contributed by atoms with Crippen LogP contribution in [0.4, 0.5) is 10.5 Å². The summed E-state index contributed by atoms with van der Waals surface area (Å²) in [6, 6.07) is 31.3. The molecular formula is C38H34N2O8. The number of aromatic nitrogens is 1. The number of hydrogen-bond acceptors (Lipinski definition) is 8. The fourth-order valence-corrected chi connectivity index (χ4v) is 5.80. The highest BCUT2D eigenvalue weighted by Gasteiger charge is 2.32. The Labute approximate surface area is 277 Å². The quantitative estimate of drug-likeness (QED) is 0.134. The molecule has 5 aromatic rings. The van der Waals surface area contributed by atoms with E-state index in [-0.39, 0.29) is 54.8 Å². The van der Waals surface area contributed by atoms with Gasteiger partial charge in [-0.1, -0.05) is 97.1 Å². The molecule has 0 aliphatic carbocycles. The summed E-state index contributed by atoms with van der Waals surface area (Å²) >= 11 is 0. The number of hydrogen-bond donors (Lipinski definition) is 3. The Balaban J connectivity index is 1.52. The van der Waals surface area contributed by atoms with Gasteiger partial charge >= 0.3 is 12.1 Å². The summed E-state index contributed by atoms with van der Waals surface area (Å²) in [5, 5.41) is 31.2. The van der Waals surface area contributed by atoms with Gasteiger partial charge in [-0.15, -0.1) is 0 Å². The average Bonchev–Trinajstić information content (AvgIpc) is 3.57. The van der Waals surface area contributed by atoms with E-state index in [1.54, 1.807) is 12.1 Å². The lowest BCUT2D eigenvalue weighted by Gasteiger charge is -2.22. The zero-order valence-corrected chi connectivity index (χ0v) is 26.0. The summed E-state index contributed by atoms with van der Waals surface area (Å²) in [4.78, 5) is 31.9. The molecule has 10 heteroatoms. The van der Waals surface area contributed by atoms with Crippen molar-refractivity contribution in [3.8, 4) is 22.9 Å². The van der Waals surface area contributed by atoms with Gasteiger partial charge in [-0.3, -0.25) is 4.90 Å². The van der Waals surface area contributed by atoms with Crippen LogP contribution in [0.2, 0.25) is 0 Å². The van der Waals surface area contributed by atoms with Gasteiger partial charge in [0.05, 0.1) is 24.6 Å². The molecule has 1 amide bonds. The first kappa shape index (κ1) is 32.2. The number of benzene rings is 4. The monoisotopic (exact) mass is 646 g/mol. The molecule has 6 rings (SSSR count). The summed E-state index contributed by atoms with van der Waals surface area (Å²) < 4.78 is 18.4. The molecule has 10 nitrogen and oxygen atoms in total. The summed E-state index contributed by atoms with van der Waals surface area (Å²) in [7, 11) is 0. The number of nitrogens with zero attached hydrogens (tertiary/aromatic N) is 2. The number of fused-ring (bicyclic) bond motifs is 1. The minimum atomic E-state index is -1.09. The fourth-order valence-electron chi connectivity index (χ4n) is 5.80. The van der Waals surface area contributed by atoms with Crippen molar-refractivity contribution in [2.24, 2.45) is 0 Å². The summed E-state index contributed by atoms with van der Waals surface area (Å²) in [6.07, 6.45) is -0.704. The molecule has 0 spiro atoms. The zero-order chi connectivity index (χ0) is 33.5. The third-order valence-corrected chi connectivity index (χ3v) is 8.16. The van der Waals surface area contributed by atoms with Crippen LogP contribution in [0.15, 0.2) is 103 Å². The van der Waals surface area contributed by atoms with Gasteiger partial charge in [0.1, 0.15) is 25.6 Å².